The van der Waals surface area contributed by atoms with E-state index in [0.717, 1.165) is 31.9 Å². The largest absolute Gasteiger partial charge is 0.468 e. The van der Waals surface area contributed by atoms with Gasteiger partial charge in [0.1, 0.15) is 5.76 Å². The molecule has 0 bridgehead atoms. The van der Waals surface area contributed by atoms with Crippen LogP contribution in [0.3, 0.4) is 0 Å². The van der Waals surface area contributed by atoms with Crippen molar-refractivity contribution in [2.24, 2.45) is 0 Å². The summed E-state index contributed by atoms with van der Waals surface area (Å²) in [5.41, 5.74) is 1.41. The maximum absolute atomic E-state index is 5.58. The van der Waals surface area contributed by atoms with Crippen LogP contribution in [0.25, 0.3) is 0 Å². The van der Waals surface area contributed by atoms with Crippen molar-refractivity contribution in [3.8, 4) is 0 Å². The molecular weight excluding hydrogens is 212 g/mol. The van der Waals surface area contributed by atoms with Crippen LogP contribution >= 0.6 is 0 Å². The van der Waals surface area contributed by atoms with Gasteiger partial charge in [-0.15, -0.1) is 0 Å². The van der Waals surface area contributed by atoms with Gasteiger partial charge in [0.25, 0.3) is 0 Å². The van der Waals surface area contributed by atoms with Gasteiger partial charge in [0, 0.05) is 17.6 Å². The Hall–Kier alpha value is -0.800. The first-order valence-corrected chi connectivity index (χ1v) is 6.49. The molecule has 98 valence electrons. The zero-order valence-electron chi connectivity index (χ0n) is 11.8. The summed E-state index contributed by atoms with van der Waals surface area (Å²) in [6.07, 6.45) is 1.79. The molecule has 1 rings (SSSR count). The summed E-state index contributed by atoms with van der Waals surface area (Å²) >= 11 is 0. The Morgan fingerprint density at radius 3 is 2.41 bits per heavy atom. The van der Waals surface area contributed by atoms with E-state index in [9.17, 15) is 0 Å². The number of rotatable bonds is 6. The lowest BCUT2D eigenvalue weighted by atomic mass is 10.1. The smallest absolute Gasteiger partial charge is 0.122 e. The Morgan fingerprint density at radius 1 is 1.24 bits per heavy atom. The van der Waals surface area contributed by atoms with Crippen LogP contribution in [0.1, 0.15) is 45.9 Å². The molecule has 1 aromatic rings. The van der Waals surface area contributed by atoms with Gasteiger partial charge < -0.3 is 9.73 Å². The van der Waals surface area contributed by atoms with Crippen LogP contribution in [0.5, 0.6) is 0 Å². The highest BCUT2D eigenvalue weighted by molar-refractivity contribution is 5.17. The van der Waals surface area contributed by atoms with E-state index in [1.807, 2.05) is 0 Å². The van der Waals surface area contributed by atoms with Gasteiger partial charge in [-0.3, -0.25) is 4.90 Å². The van der Waals surface area contributed by atoms with Gasteiger partial charge in [-0.05, 0) is 39.9 Å². The summed E-state index contributed by atoms with van der Waals surface area (Å²) in [4.78, 5) is 2.36. The standard InChI is InChI=1S/C14H26N2O/c1-6-16(7-2)11-13-12(8-9-17-13)10-15-14(3,4)5/h8-9,15H,6-7,10-11H2,1-5H3. The van der Waals surface area contributed by atoms with E-state index >= 15 is 0 Å². The van der Waals surface area contributed by atoms with Crippen molar-refractivity contribution in [3.05, 3.63) is 23.7 Å². The van der Waals surface area contributed by atoms with Crippen LogP contribution in [0.4, 0.5) is 0 Å². The summed E-state index contributed by atoms with van der Waals surface area (Å²) in [7, 11) is 0. The van der Waals surface area contributed by atoms with E-state index in [2.05, 4.69) is 50.9 Å². The normalized spacial score (nSPS) is 12.4. The first-order valence-electron chi connectivity index (χ1n) is 6.49. The highest BCUT2D eigenvalue weighted by Crippen LogP contribution is 2.14. The van der Waals surface area contributed by atoms with Crippen molar-refractivity contribution < 1.29 is 4.42 Å². The number of furan rings is 1. The second kappa shape index (κ2) is 6.22. The van der Waals surface area contributed by atoms with Crippen molar-refractivity contribution in [1.29, 1.82) is 0 Å². The second-order valence-electron chi connectivity index (χ2n) is 5.43. The summed E-state index contributed by atoms with van der Waals surface area (Å²) in [6, 6.07) is 2.07. The second-order valence-corrected chi connectivity index (χ2v) is 5.43. The molecule has 0 saturated heterocycles. The maximum Gasteiger partial charge on any atom is 0.122 e. The van der Waals surface area contributed by atoms with Gasteiger partial charge in [-0.2, -0.15) is 0 Å². The monoisotopic (exact) mass is 238 g/mol. The Kier molecular flexibility index (Phi) is 5.22. The fourth-order valence-electron chi connectivity index (χ4n) is 1.67. The van der Waals surface area contributed by atoms with Crippen LogP contribution in [-0.2, 0) is 13.1 Å². The third-order valence-electron chi connectivity index (χ3n) is 2.91. The molecule has 1 heterocycles. The molecule has 0 atom stereocenters. The van der Waals surface area contributed by atoms with Crippen LogP contribution in [0.2, 0.25) is 0 Å². The molecule has 0 aliphatic heterocycles. The number of nitrogens with zero attached hydrogens (tertiary/aromatic N) is 1. The molecule has 17 heavy (non-hydrogen) atoms. The number of nitrogens with one attached hydrogen (secondary N) is 1. The third-order valence-corrected chi connectivity index (χ3v) is 2.91. The maximum atomic E-state index is 5.58. The third kappa shape index (κ3) is 4.92. The molecule has 3 heteroatoms. The molecular formula is C14H26N2O. The summed E-state index contributed by atoms with van der Waals surface area (Å²) in [6.45, 7) is 14.8. The van der Waals surface area contributed by atoms with Crippen LogP contribution in [-0.4, -0.2) is 23.5 Å². The molecule has 0 aliphatic rings. The molecule has 3 nitrogen and oxygen atoms in total. The molecule has 1 aromatic heterocycles. The Bertz CT molecular complexity index is 321. The van der Waals surface area contributed by atoms with Gasteiger partial charge in [0.2, 0.25) is 0 Å². The van der Waals surface area contributed by atoms with Gasteiger partial charge in [0.05, 0.1) is 12.8 Å². The van der Waals surface area contributed by atoms with E-state index in [0.29, 0.717) is 0 Å². The minimum Gasteiger partial charge on any atom is -0.468 e. The first kappa shape index (κ1) is 14.3. The van der Waals surface area contributed by atoms with Crippen molar-refractivity contribution in [1.82, 2.24) is 10.2 Å². The summed E-state index contributed by atoms with van der Waals surface area (Å²) in [5.74, 6) is 1.09. The predicted octanol–water partition coefficient (Wildman–Crippen LogP) is 3.01. The van der Waals surface area contributed by atoms with E-state index in [4.69, 9.17) is 4.42 Å². The minimum absolute atomic E-state index is 0.143. The van der Waals surface area contributed by atoms with Gasteiger partial charge in [-0.1, -0.05) is 13.8 Å². The quantitative estimate of drug-likeness (QED) is 0.826. The van der Waals surface area contributed by atoms with Gasteiger partial charge in [0.15, 0.2) is 0 Å². The summed E-state index contributed by atoms with van der Waals surface area (Å²) < 4.78 is 5.58. The lowest BCUT2D eigenvalue weighted by molar-refractivity contribution is 0.266. The highest BCUT2D eigenvalue weighted by atomic mass is 16.3. The van der Waals surface area contributed by atoms with Crippen LogP contribution in [0.15, 0.2) is 16.7 Å². The fourth-order valence-corrected chi connectivity index (χ4v) is 1.67. The Morgan fingerprint density at radius 2 is 1.88 bits per heavy atom. The zero-order valence-corrected chi connectivity index (χ0v) is 11.8. The highest BCUT2D eigenvalue weighted by Gasteiger charge is 2.13. The average Bonchev–Trinajstić information content (AvgIpc) is 2.69. The van der Waals surface area contributed by atoms with Crippen LogP contribution < -0.4 is 5.32 Å². The Labute approximate surface area is 105 Å². The molecule has 1 N–H and O–H groups in total. The van der Waals surface area contributed by atoms with E-state index in [-0.39, 0.29) is 5.54 Å². The number of hydrogen-bond donors (Lipinski definition) is 1. The lowest BCUT2D eigenvalue weighted by Crippen LogP contribution is -2.35. The zero-order chi connectivity index (χ0) is 12.9. The van der Waals surface area contributed by atoms with E-state index < -0.39 is 0 Å². The molecule has 0 aliphatic carbocycles. The molecule has 0 saturated carbocycles. The van der Waals surface area contributed by atoms with Crippen molar-refractivity contribution >= 4 is 0 Å². The lowest BCUT2D eigenvalue weighted by Gasteiger charge is -2.21. The molecule has 0 spiro atoms. The SMILES string of the molecule is CCN(CC)Cc1occc1CNC(C)(C)C. The van der Waals surface area contributed by atoms with Crippen molar-refractivity contribution in [2.45, 2.75) is 53.2 Å². The topological polar surface area (TPSA) is 28.4 Å². The predicted molar refractivity (Wildman–Crippen MR) is 71.9 cm³/mol. The van der Waals surface area contributed by atoms with Crippen LogP contribution in [0, 0.1) is 0 Å². The van der Waals surface area contributed by atoms with Crippen molar-refractivity contribution in [3.63, 3.8) is 0 Å². The van der Waals surface area contributed by atoms with Crippen molar-refractivity contribution in [2.75, 3.05) is 13.1 Å². The van der Waals surface area contributed by atoms with E-state index in [1.54, 1.807) is 6.26 Å². The molecule has 0 fully saturated rings. The Balaban J connectivity index is 2.59. The van der Waals surface area contributed by atoms with Gasteiger partial charge in [-0.25, -0.2) is 0 Å². The molecule has 0 amide bonds. The van der Waals surface area contributed by atoms with E-state index in [1.165, 1.54) is 5.56 Å². The first-order chi connectivity index (χ1) is 7.96. The minimum atomic E-state index is 0.143. The molecule has 0 radical (unpaired) electrons. The van der Waals surface area contributed by atoms with Gasteiger partial charge >= 0.3 is 0 Å². The summed E-state index contributed by atoms with van der Waals surface area (Å²) in [5, 5.41) is 3.50. The average molecular weight is 238 g/mol. The molecule has 0 unspecified atom stereocenters. The fraction of sp³-hybridized carbons (Fsp3) is 0.714. The number of hydrogen-bond acceptors (Lipinski definition) is 3. The molecule has 0 aromatic carbocycles.